The topological polar surface area (TPSA) is 34.1 Å². The van der Waals surface area contributed by atoms with E-state index in [1.165, 1.54) is 28.4 Å². The highest BCUT2D eigenvalue weighted by atomic mass is 32.1. The van der Waals surface area contributed by atoms with Crippen LogP contribution in [0, 0.1) is 19.3 Å². The lowest BCUT2D eigenvalue weighted by molar-refractivity contribution is 0.190. The van der Waals surface area contributed by atoms with E-state index in [1.54, 1.807) is 7.11 Å². The van der Waals surface area contributed by atoms with Gasteiger partial charge in [-0.3, -0.25) is 0 Å². The van der Waals surface area contributed by atoms with E-state index in [0.29, 0.717) is 5.41 Å². The van der Waals surface area contributed by atoms with Gasteiger partial charge in [0.25, 0.3) is 0 Å². The maximum absolute atomic E-state index is 5.08. The Morgan fingerprint density at radius 3 is 2.63 bits per heavy atom. The van der Waals surface area contributed by atoms with Crippen LogP contribution in [0.4, 0.5) is 0 Å². The molecule has 0 bridgehead atoms. The van der Waals surface area contributed by atoms with Gasteiger partial charge in [0.1, 0.15) is 0 Å². The predicted molar refractivity (Wildman–Crippen MR) is 83.1 cm³/mol. The van der Waals surface area contributed by atoms with E-state index in [1.807, 2.05) is 11.3 Å². The number of ether oxygens (including phenoxy) is 1. The SMILES string of the molecule is CCCC(C)(CNCCOC)Cc1nc(C)c(C)s1. The van der Waals surface area contributed by atoms with Crippen LogP contribution in [0.1, 0.15) is 42.3 Å². The second kappa shape index (κ2) is 7.98. The summed E-state index contributed by atoms with van der Waals surface area (Å²) >= 11 is 1.85. The quantitative estimate of drug-likeness (QED) is 0.706. The highest BCUT2D eigenvalue weighted by Gasteiger charge is 2.25. The van der Waals surface area contributed by atoms with Crippen LogP contribution in [0.5, 0.6) is 0 Å². The zero-order valence-corrected chi connectivity index (χ0v) is 13.8. The molecule has 4 heteroatoms. The molecular weight excluding hydrogens is 256 g/mol. The minimum atomic E-state index is 0.291. The van der Waals surface area contributed by atoms with Crippen molar-refractivity contribution in [2.75, 3.05) is 26.8 Å². The lowest BCUT2D eigenvalue weighted by atomic mass is 9.82. The first-order valence-corrected chi connectivity index (χ1v) is 7.95. The molecule has 1 unspecified atom stereocenters. The lowest BCUT2D eigenvalue weighted by Gasteiger charge is -2.29. The molecule has 0 aromatic carbocycles. The highest BCUT2D eigenvalue weighted by Crippen LogP contribution is 2.30. The van der Waals surface area contributed by atoms with Crippen molar-refractivity contribution in [3.05, 3.63) is 15.6 Å². The predicted octanol–water partition coefficient (Wildman–Crippen LogP) is 3.34. The molecule has 3 nitrogen and oxygen atoms in total. The number of rotatable bonds is 9. The summed E-state index contributed by atoms with van der Waals surface area (Å²) in [5.74, 6) is 0. The fourth-order valence-corrected chi connectivity index (χ4v) is 3.54. The minimum absolute atomic E-state index is 0.291. The third-order valence-corrected chi connectivity index (χ3v) is 4.61. The Morgan fingerprint density at radius 2 is 2.11 bits per heavy atom. The van der Waals surface area contributed by atoms with Crippen molar-refractivity contribution in [3.8, 4) is 0 Å². The molecule has 0 aliphatic carbocycles. The molecule has 0 saturated heterocycles. The molecular formula is C15H28N2OS. The number of aryl methyl sites for hydroxylation is 2. The molecule has 1 aromatic heterocycles. The monoisotopic (exact) mass is 284 g/mol. The standard InChI is InChI=1S/C15H28N2OS/c1-6-7-15(4,11-16-8-9-18-5)10-14-17-12(2)13(3)19-14/h16H,6-11H2,1-5H3. The van der Waals surface area contributed by atoms with Gasteiger partial charge in [0, 0.05) is 31.5 Å². The van der Waals surface area contributed by atoms with Crippen molar-refractivity contribution in [1.82, 2.24) is 10.3 Å². The number of hydrogen-bond acceptors (Lipinski definition) is 4. The van der Waals surface area contributed by atoms with Gasteiger partial charge in [-0.2, -0.15) is 0 Å². The Hall–Kier alpha value is -0.450. The van der Waals surface area contributed by atoms with Crippen LogP contribution in [-0.4, -0.2) is 31.8 Å². The zero-order chi connectivity index (χ0) is 14.3. The van der Waals surface area contributed by atoms with Gasteiger partial charge in [-0.1, -0.05) is 20.3 Å². The van der Waals surface area contributed by atoms with E-state index in [0.717, 1.165) is 26.1 Å². The van der Waals surface area contributed by atoms with E-state index < -0.39 is 0 Å². The number of nitrogens with one attached hydrogen (secondary N) is 1. The maximum Gasteiger partial charge on any atom is 0.0936 e. The number of methoxy groups -OCH3 is 1. The molecule has 19 heavy (non-hydrogen) atoms. The molecule has 1 heterocycles. The van der Waals surface area contributed by atoms with E-state index in [2.05, 4.69) is 38.0 Å². The Morgan fingerprint density at radius 1 is 1.37 bits per heavy atom. The average molecular weight is 284 g/mol. The smallest absolute Gasteiger partial charge is 0.0936 e. The molecule has 0 amide bonds. The van der Waals surface area contributed by atoms with Gasteiger partial charge >= 0.3 is 0 Å². The van der Waals surface area contributed by atoms with Crippen LogP contribution in [-0.2, 0) is 11.2 Å². The van der Waals surface area contributed by atoms with E-state index in [4.69, 9.17) is 4.74 Å². The van der Waals surface area contributed by atoms with Crippen molar-refractivity contribution < 1.29 is 4.74 Å². The minimum Gasteiger partial charge on any atom is -0.383 e. The summed E-state index contributed by atoms with van der Waals surface area (Å²) in [7, 11) is 1.74. The molecule has 1 atom stereocenters. The van der Waals surface area contributed by atoms with E-state index in [-0.39, 0.29) is 0 Å². The van der Waals surface area contributed by atoms with Crippen LogP contribution in [0.3, 0.4) is 0 Å². The molecule has 1 N–H and O–H groups in total. The third kappa shape index (κ3) is 5.59. The van der Waals surface area contributed by atoms with Gasteiger partial charge in [0.2, 0.25) is 0 Å². The summed E-state index contributed by atoms with van der Waals surface area (Å²) in [5.41, 5.74) is 1.48. The maximum atomic E-state index is 5.08. The highest BCUT2D eigenvalue weighted by molar-refractivity contribution is 7.11. The van der Waals surface area contributed by atoms with Crippen molar-refractivity contribution in [2.24, 2.45) is 5.41 Å². The Labute approximate surface area is 121 Å². The summed E-state index contributed by atoms with van der Waals surface area (Å²) < 4.78 is 5.08. The number of aromatic nitrogens is 1. The molecule has 1 aromatic rings. The Balaban J connectivity index is 2.59. The molecule has 0 saturated carbocycles. The number of nitrogens with zero attached hydrogens (tertiary/aromatic N) is 1. The second-order valence-corrected chi connectivity index (χ2v) is 6.94. The lowest BCUT2D eigenvalue weighted by Crippen LogP contribution is -2.35. The fourth-order valence-electron chi connectivity index (χ4n) is 2.39. The summed E-state index contributed by atoms with van der Waals surface area (Å²) in [6, 6.07) is 0. The van der Waals surface area contributed by atoms with Crippen molar-refractivity contribution >= 4 is 11.3 Å². The summed E-state index contributed by atoms with van der Waals surface area (Å²) in [6.45, 7) is 11.6. The van der Waals surface area contributed by atoms with Gasteiger partial charge in [-0.05, 0) is 25.7 Å². The van der Waals surface area contributed by atoms with Gasteiger partial charge in [0.05, 0.1) is 17.3 Å². The first kappa shape index (κ1) is 16.6. The summed E-state index contributed by atoms with van der Waals surface area (Å²) in [4.78, 5) is 6.04. The molecule has 0 spiro atoms. The first-order valence-electron chi connectivity index (χ1n) is 7.13. The second-order valence-electron chi connectivity index (χ2n) is 5.66. The molecule has 110 valence electrons. The molecule has 1 rings (SSSR count). The fraction of sp³-hybridized carbons (Fsp3) is 0.800. The van der Waals surface area contributed by atoms with Crippen LogP contribution >= 0.6 is 11.3 Å². The van der Waals surface area contributed by atoms with Gasteiger partial charge < -0.3 is 10.1 Å². The van der Waals surface area contributed by atoms with E-state index in [9.17, 15) is 0 Å². The summed E-state index contributed by atoms with van der Waals surface area (Å²) in [5, 5.41) is 4.78. The van der Waals surface area contributed by atoms with Crippen molar-refractivity contribution in [2.45, 2.75) is 47.0 Å². The van der Waals surface area contributed by atoms with Crippen molar-refractivity contribution in [1.29, 1.82) is 0 Å². The Bertz CT molecular complexity index is 359. The van der Waals surface area contributed by atoms with E-state index >= 15 is 0 Å². The van der Waals surface area contributed by atoms with Gasteiger partial charge in [0.15, 0.2) is 0 Å². The molecule has 0 aliphatic rings. The first-order chi connectivity index (χ1) is 9.00. The van der Waals surface area contributed by atoms with Gasteiger partial charge in [-0.15, -0.1) is 11.3 Å². The largest absolute Gasteiger partial charge is 0.383 e. The summed E-state index contributed by atoms with van der Waals surface area (Å²) in [6.07, 6.45) is 3.51. The molecule has 0 aliphatic heterocycles. The van der Waals surface area contributed by atoms with Crippen LogP contribution in [0.25, 0.3) is 0 Å². The normalized spacial score (nSPS) is 14.6. The van der Waals surface area contributed by atoms with Crippen LogP contribution < -0.4 is 5.32 Å². The van der Waals surface area contributed by atoms with Crippen molar-refractivity contribution in [3.63, 3.8) is 0 Å². The zero-order valence-electron chi connectivity index (χ0n) is 13.0. The van der Waals surface area contributed by atoms with Crippen LogP contribution in [0.15, 0.2) is 0 Å². The Kier molecular flexibility index (Phi) is 6.97. The third-order valence-electron chi connectivity index (χ3n) is 3.54. The van der Waals surface area contributed by atoms with Crippen LogP contribution in [0.2, 0.25) is 0 Å². The molecule has 0 radical (unpaired) electrons. The average Bonchev–Trinajstić information content (AvgIpc) is 2.64. The number of thiazole rings is 1. The molecule has 0 fully saturated rings. The number of hydrogen-bond donors (Lipinski definition) is 1. The van der Waals surface area contributed by atoms with Gasteiger partial charge in [-0.25, -0.2) is 4.98 Å².